The van der Waals surface area contributed by atoms with E-state index in [1.165, 1.54) is 21.3 Å². The van der Waals surface area contributed by atoms with Crippen molar-refractivity contribution in [3.63, 3.8) is 0 Å². The molecule has 3 aromatic carbocycles. The molecule has 0 fully saturated rings. The van der Waals surface area contributed by atoms with E-state index in [-0.39, 0.29) is 12.2 Å². The standard InChI is InChI=1S/C25H24O6/c1-28-20-14-17(15-21(29-2)25(20)30-3)16-22(26)31-24(19-12-8-5-9-13-19)23(27)18-10-6-4-7-11-18/h4-15,24H,16H2,1-3H3/t24-/m0/s1. The van der Waals surface area contributed by atoms with E-state index in [1.54, 1.807) is 60.7 Å². The van der Waals surface area contributed by atoms with E-state index >= 15 is 0 Å². The van der Waals surface area contributed by atoms with E-state index in [9.17, 15) is 9.59 Å². The molecule has 0 saturated heterocycles. The maximum Gasteiger partial charge on any atom is 0.311 e. The Hall–Kier alpha value is -3.80. The molecule has 1 atom stereocenters. The number of ketones is 1. The Labute approximate surface area is 181 Å². The predicted octanol–water partition coefficient (Wildman–Crippen LogP) is 4.42. The van der Waals surface area contributed by atoms with Gasteiger partial charge in [-0.2, -0.15) is 0 Å². The number of hydrogen-bond donors (Lipinski definition) is 0. The van der Waals surface area contributed by atoms with Gasteiger partial charge in [0.25, 0.3) is 0 Å². The van der Waals surface area contributed by atoms with Crippen LogP contribution in [0, 0.1) is 0 Å². The van der Waals surface area contributed by atoms with Crippen LogP contribution in [0.2, 0.25) is 0 Å². The molecular formula is C25H24O6. The lowest BCUT2D eigenvalue weighted by molar-refractivity contribution is -0.146. The summed E-state index contributed by atoms with van der Waals surface area (Å²) in [4.78, 5) is 25.9. The summed E-state index contributed by atoms with van der Waals surface area (Å²) in [5.41, 5.74) is 1.69. The summed E-state index contributed by atoms with van der Waals surface area (Å²) >= 11 is 0. The van der Waals surface area contributed by atoms with Gasteiger partial charge in [-0.25, -0.2) is 0 Å². The molecule has 160 valence electrons. The van der Waals surface area contributed by atoms with Crippen LogP contribution in [0.1, 0.15) is 27.6 Å². The lowest BCUT2D eigenvalue weighted by Gasteiger charge is -2.18. The zero-order chi connectivity index (χ0) is 22.2. The van der Waals surface area contributed by atoms with E-state index < -0.39 is 12.1 Å². The van der Waals surface area contributed by atoms with Crippen LogP contribution in [0.4, 0.5) is 0 Å². The number of rotatable bonds is 9. The average Bonchev–Trinajstić information content (AvgIpc) is 2.82. The molecule has 0 spiro atoms. The summed E-state index contributed by atoms with van der Waals surface area (Å²) in [6, 6.07) is 21.1. The molecule has 0 aromatic heterocycles. The van der Waals surface area contributed by atoms with Crippen molar-refractivity contribution < 1.29 is 28.5 Å². The summed E-state index contributed by atoms with van der Waals surface area (Å²) in [5, 5.41) is 0. The number of hydrogen-bond acceptors (Lipinski definition) is 6. The molecule has 0 heterocycles. The third-order valence-electron chi connectivity index (χ3n) is 4.72. The molecule has 0 bridgehead atoms. The second-order valence-corrected chi connectivity index (χ2v) is 6.72. The molecule has 6 nitrogen and oxygen atoms in total. The van der Waals surface area contributed by atoms with Crippen molar-refractivity contribution in [2.24, 2.45) is 0 Å². The van der Waals surface area contributed by atoms with Crippen LogP contribution in [0.3, 0.4) is 0 Å². The fourth-order valence-corrected chi connectivity index (χ4v) is 3.23. The van der Waals surface area contributed by atoms with Gasteiger partial charge in [0.15, 0.2) is 17.6 Å². The van der Waals surface area contributed by atoms with E-state index in [1.807, 2.05) is 12.1 Å². The van der Waals surface area contributed by atoms with Gasteiger partial charge in [-0.15, -0.1) is 0 Å². The fourth-order valence-electron chi connectivity index (χ4n) is 3.23. The van der Waals surface area contributed by atoms with Crippen LogP contribution < -0.4 is 14.2 Å². The smallest absolute Gasteiger partial charge is 0.311 e. The van der Waals surface area contributed by atoms with Gasteiger partial charge in [0.05, 0.1) is 27.8 Å². The Morgan fingerprint density at radius 3 is 1.84 bits per heavy atom. The first-order chi connectivity index (χ1) is 15.1. The second kappa shape index (κ2) is 10.3. The minimum Gasteiger partial charge on any atom is -0.493 e. The maximum absolute atomic E-state index is 13.1. The van der Waals surface area contributed by atoms with Gasteiger partial charge in [-0.1, -0.05) is 60.7 Å². The van der Waals surface area contributed by atoms with Crippen LogP contribution in [-0.2, 0) is 16.0 Å². The van der Waals surface area contributed by atoms with Crippen molar-refractivity contribution >= 4 is 11.8 Å². The third kappa shape index (κ3) is 5.22. The molecule has 0 aliphatic rings. The molecule has 6 heteroatoms. The average molecular weight is 420 g/mol. The molecule has 3 aromatic rings. The minimum absolute atomic E-state index is 0.0673. The highest BCUT2D eigenvalue weighted by Gasteiger charge is 2.26. The first-order valence-corrected chi connectivity index (χ1v) is 9.70. The summed E-state index contributed by atoms with van der Waals surface area (Å²) in [7, 11) is 4.51. The Morgan fingerprint density at radius 1 is 0.774 bits per heavy atom. The maximum atomic E-state index is 13.1. The van der Waals surface area contributed by atoms with Crippen LogP contribution in [0.15, 0.2) is 72.8 Å². The van der Waals surface area contributed by atoms with Crippen molar-refractivity contribution in [3.05, 3.63) is 89.5 Å². The van der Waals surface area contributed by atoms with Gasteiger partial charge < -0.3 is 18.9 Å². The number of methoxy groups -OCH3 is 3. The second-order valence-electron chi connectivity index (χ2n) is 6.72. The van der Waals surface area contributed by atoms with Crippen LogP contribution in [0.5, 0.6) is 17.2 Å². The number of esters is 1. The first-order valence-electron chi connectivity index (χ1n) is 9.70. The summed E-state index contributed by atoms with van der Waals surface area (Å²) in [6.07, 6.45) is -1.11. The Morgan fingerprint density at radius 2 is 1.32 bits per heavy atom. The first kappa shape index (κ1) is 21.9. The van der Waals surface area contributed by atoms with Crippen molar-refractivity contribution in [3.8, 4) is 17.2 Å². The molecule has 0 radical (unpaired) electrons. The summed E-state index contributed by atoms with van der Waals surface area (Å²) in [6.45, 7) is 0. The number of carbonyl (C=O) groups is 2. The SMILES string of the molecule is COc1cc(CC(=O)O[C@H](C(=O)c2ccccc2)c2ccccc2)cc(OC)c1OC. The van der Waals surface area contributed by atoms with Gasteiger partial charge in [-0.05, 0) is 17.7 Å². The Kier molecular flexibility index (Phi) is 7.27. The highest BCUT2D eigenvalue weighted by atomic mass is 16.5. The topological polar surface area (TPSA) is 71.1 Å². The molecule has 0 aliphatic heterocycles. The monoisotopic (exact) mass is 420 g/mol. The van der Waals surface area contributed by atoms with E-state index in [2.05, 4.69) is 0 Å². The molecule has 31 heavy (non-hydrogen) atoms. The van der Waals surface area contributed by atoms with Crippen LogP contribution >= 0.6 is 0 Å². The molecule has 0 N–H and O–H groups in total. The molecule has 0 saturated carbocycles. The van der Waals surface area contributed by atoms with E-state index in [4.69, 9.17) is 18.9 Å². The number of ether oxygens (including phenoxy) is 4. The van der Waals surface area contributed by atoms with Gasteiger partial charge in [-0.3, -0.25) is 9.59 Å². The molecule has 0 aliphatic carbocycles. The number of Topliss-reactive ketones (excluding diaryl/α,β-unsaturated/α-hetero) is 1. The van der Waals surface area contributed by atoms with Crippen molar-refractivity contribution in [2.45, 2.75) is 12.5 Å². The fraction of sp³-hybridized carbons (Fsp3) is 0.200. The predicted molar refractivity (Wildman–Crippen MR) is 116 cm³/mol. The van der Waals surface area contributed by atoms with E-state index in [0.717, 1.165) is 0 Å². The highest BCUT2D eigenvalue weighted by molar-refractivity contribution is 6.01. The molecule has 0 unspecified atom stereocenters. The lowest BCUT2D eigenvalue weighted by atomic mass is 9.99. The Balaban J connectivity index is 1.85. The van der Waals surface area contributed by atoms with Crippen molar-refractivity contribution in [1.82, 2.24) is 0 Å². The largest absolute Gasteiger partial charge is 0.493 e. The lowest BCUT2D eigenvalue weighted by Crippen LogP contribution is -2.21. The van der Waals surface area contributed by atoms with Gasteiger partial charge in [0.1, 0.15) is 0 Å². The quantitative estimate of drug-likeness (QED) is 0.377. The van der Waals surface area contributed by atoms with E-state index in [0.29, 0.717) is 33.9 Å². The minimum atomic E-state index is -1.04. The van der Waals surface area contributed by atoms with Crippen molar-refractivity contribution in [2.75, 3.05) is 21.3 Å². The number of carbonyl (C=O) groups excluding carboxylic acids is 2. The normalized spacial score (nSPS) is 11.3. The zero-order valence-corrected chi connectivity index (χ0v) is 17.7. The molecular weight excluding hydrogens is 396 g/mol. The van der Waals surface area contributed by atoms with Gasteiger partial charge in [0, 0.05) is 11.1 Å². The van der Waals surface area contributed by atoms with Gasteiger partial charge >= 0.3 is 5.97 Å². The van der Waals surface area contributed by atoms with Crippen molar-refractivity contribution in [1.29, 1.82) is 0 Å². The number of benzene rings is 3. The zero-order valence-electron chi connectivity index (χ0n) is 17.7. The molecule has 0 amide bonds. The third-order valence-corrected chi connectivity index (χ3v) is 4.72. The van der Waals surface area contributed by atoms with Gasteiger partial charge in [0.2, 0.25) is 11.5 Å². The van der Waals surface area contributed by atoms with Crippen LogP contribution in [0.25, 0.3) is 0 Å². The van der Waals surface area contributed by atoms with Crippen LogP contribution in [-0.4, -0.2) is 33.1 Å². The molecule has 3 rings (SSSR count). The Bertz CT molecular complexity index is 1010. The summed E-state index contributed by atoms with van der Waals surface area (Å²) in [5.74, 6) is 0.468. The summed E-state index contributed by atoms with van der Waals surface area (Å²) < 4.78 is 21.6. The highest BCUT2D eigenvalue weighted by Crippen LogP contribution is 2.38.